The van der Waals surface area contributed by atoms with Crippen molar-refractivity contribution in [1.82, 2.24) is 9.80 Å². The lowest BCUT2D eigenvalue weighted by Gasteiger charge is -2.22. The van der Waals surface area contributed by atoms with E-state index in [1.807, 2.05) is 0 Å². The quantitative estimate of drug-likeness (QED) is 0.840. The first kappa shape index (κ1) is 17.1. The summed E-state index contributed by atoms with van der Waals surface area (Å²) in [6, 6.07) is 11.0. The lowest BCUT2D eigenvalue weighted by atomic mass is 10.2. The molecule has 1 fully saturated rings. The minimum atomic E-state index is -0.450. The molecule has 0 saturated carbocycles. The lowest BCUT2D eigenvalue weighted by Crippen LogP contribution is -2.37. The molecule has 2 aromatic carbocycles. The van der Waals surface area contributed by atoms with Gasteiger partial charge in [0.05, 0.1) is 0 Å². The van der Waals surface area contributed by atoms with E-state index in [-0.39, 0.29) is 17.6 Å². The Bertz CT molecular complexity index is 777. The third-order valence-corrected chi connectivity index (χ3v) is 4.23. The molecule has 3 rings (SSSR count). The fourth-order valence-corrected chi connectivity index (χ4v) is 2.90. The molecule has 6 heteroatoms. The molecule has 0 unspecified atom stereocenters. The molecular weight excluding hydrogens is 326 g/mol. The summed E-state index contributed by atoms with van der Waals surface area (Å²) in [5, 5.41) is 0. The fourth-order valence-electron chi connectivity index (χ4n) is 2.90. The van der Waals surface area contributed by atoms with Crippen LogP contribution in [0.3, 0.4) is 0 Å². The topological polar surface area (TPSA) is 40.6 Å². The molecule has 25 heavy (non-hydrogen) atoms. The highest BCUT2D eigenvalue weighted by atomic mass is 19.1. The fraction of sp³-hybridized carbons (Fsp3) is 0.263. The van der Waals surface area contributed by atoms with Gasteiger partial charge in [-0.15, -0.1) is 0 Å². The summed E-state index contributed by atoms with van der Waals surface area (Å²) >= 11 is 0. The number of carbonyl (C=O) groups excluding carboxylic acids is 2. The maximum atomic E-state index is 13.3. The molecule has 0 spiro atoms. The number of hydrogen-bond acceptors (Lipinski definition) is 2. The van der Waals surface area contributed by atoms with Crippen LogP contribution in [0, 0.1) is 11.6 Å². The molecule has 130 valence electrons. The third kappa shape index (κ3) is 4.02. The number of halogens is 2. The van der Waals surface area contributed by atoms with Crippen molar-refractivity contribution in [2.75, 3.05) is 26.2 Å². The minimum Gasteiger partial charge on any atom is -0.337 e. The van der Waals surface area contributed by atoms with Crippen molar-refractivity contribution in [3.63, 3.8) is 0 Å². The first-order valence-electron chi connectivity index (χ1n) is 8.14. The molecule has 1 aliphatic rings. The number of benzene rings is 2. The van der Waals surface area contributed by atoms with Gasteiger partial charge in [-0.05, 0) is 48.9 Å². The number of carbonyl (C=O) groups is 2. The molecule has 2 aromatic rings. The second-order valence-corrected chi connectivity index (χ2v) is 5.96. The van der Waals surface area contributed by atoms with E-state index in [0.29, 0.717) is 43.7 Å². The Kier molecular flexibility index (Phi) is 5.07. The maximum absolute atomic E-state index is 13.3. The first-order chi connectivity index (χ1) is 12.0. The number of hydrogen-bond donors (Lipinski definition) is 0. The SMILES string of the molecule is O=C(c1ccc(F)cc1)N1CCCN(C(=O)c2cccc(F)c2)CC1. The summed E-state index contributed by atoms with van der Waals surface area (Å²) in [5.41, 5.74) is 0.726. The molecule has 0 N–H and O–H groups in total. The zero-order valence-electron chi connectivity index (χ0n) is 13.6. The standard InChI is InChI=1S/C19H18F2N2O2/c20-16-7-5-14(6-8-16)18(24)22-9-2-10-23(12-11-22)19(25)15-3-1-4-17(21)13-15/h1,3-8,13H,2,9-12H2. The van der Waals surface area contributed by atoms with Crippen LogP contribution >= 0.6 is 0 Å². The van der Waals surface area contributed by atoms with Gasteiger partial charge in [-0.2, -0.15) is 0 Å². The molecule has 0 atom stereocenters. The molecule has 1 heterocycles. The number of nitrogens with zero attached hydrogens (tertiary/aromatic N) is 2. The third-order valence-electron chi connectivity index (χ3n) is 4.23. The largest absolute Gasteiger partial charge is 0.337 e. The second-order valence-electron chi connectivity index (χ2n) is 5.96. The van der Waals surface area contributed by atoms with Crippen LogP contribution in [-0.2, 0) is 0 Å². The van der Waals surface area contributed by atoms with Crippen LogP contribution < -0.4 is 0 Å². The van der Waals surface area contributed by atoms with Gasteiger partial charge in [-0.3, -0.25) is 9.59 Å². The van der Waals surface area contributed by atoms with Crippen molar-refractivity contribution in [1.29, 1.82) is 0 Å². The van der Waals surface area contributed by atoms with Gasteiger partial charge >= 0.3 is 0 Å². The number of amides is 2. The van der Waals surface area contributed by atoms with Crippen molar-refractivity contribution in [3.8, 4) is 0 Å². The van der Waals surface area contributed by atoms with Crippen molar-refractivity contribution >= 4 is 11.8 Å². The molecule has 0 aliphatic carbocycles. The van der Waals surface area contributed by atoms with Gasteiger partial charge in [0, 0.05) is 37.3 Å². The van der Waals surface area contributed by atoms with Crippen LogP contribution in [-0.4, -0.2) is 47.8 Å². The van der Waals surface area contributed by atoms with E-state index in [1.165, 1.54) is 42.5 Å². The first-order valence-corrected chi connectivity index (χ1v) is 8.14. The van der Waals surface area contributed by atoms with Crippen molar-refractivity contribution in [3.05, 3.63) is 71.3 Å². The Morgan fingerprint density at radius 3 is 1.92 bits per heavy atom. The lowest BCUT2D eigenvalue weighted by molar-refractivity contribution is 0.0718. The summed E-state index contributed by atoms with van der Waals surface area (Å²) < 4.78 is 26.3. The monoisotopic (exact) mass is 344 g/mol. The summed E-state index contributed by atoms with van der Waals surface area (Å²) in [7, 11) is 0. The molecular formula is C19H18F2N2O2. The van der Waals surface area contributed by atoms with Crippen LogP contribution in [0.1, 0.15) is 27.1 Å². The van der Waals surface area contributed by atoms with Gasteiger partial charge in [-0.25, -0.2) is 8.78 Å². The van der Waals surface area contributed by atoms with Crippen molar-refractivity contribution in [2.45, 2.75) is 6.42 Å². The smallest absolute Gasteiger partial charge is 0.254 e. The molecule has 1 aliphatic heterocycles. The van der Waals surface area contributed by atoms with Gasteiger partial charge < -0.3 is 9.80 Å². The minimum absolute atomic E-state index is 0.181. The predicted octanol–water partition coefficient (Wildman–Crippen LogP) is 2.95. The highest BCUT2D eigenvalue weighted by Gasteiger charge is 2.23. The Hall–Kier alpha value is -2.76. The van der Waals surface area contributed by atoms with E-state index in [4.69, 9.17) is 0 Å². The van der Waals surface area contributed by atoms with Gasteiger partial charge in [0.2, 0.25) is 0 Å². The van der Waals surface area contributed by atoms with Crippen LogP contribution in [0.5, 0.6) is 0 Å². The van der Waals surface area contributed by atoms with Crippen LogP contribution in [0.15, 0.2) is 48.5 Å². The molecule has 0 bridgehead atoms. The van der Waals surface area contributed by atoms with Crippen LogP contribution in [0.2, 0.25) is 0 Å². The Balaban J connectivity index is 1.67. The van der Waals surface area contributed by atoms with E-state index in [9.17, 15) is 18.4 Å². The highest BCUT2D eigenvalue weighted by Crippen LogP contribution is 2.13. The van der Waals surface area contributed by atoms with E-state index in [2.05, 4.69) is 0 Å². The molecule has 0 aromatic heterocycles. The van der Waals surface area contributed by atoms with E-state index in [0.717, 1.165) is 0 Å². The van der Waals surface area contributed by atoms with Crippen molar-refractivity contribution < 1.29 is 18.4 Å². The summed E-state index contributed by atoms with van der Waals surface area (Å²) in [6.07, 6.45) is 0.633. The Morgan fingerprint density at radius 2 is 1.32 bits per heavy atom. The maximum Gasteiger partial charge on any atom is 0.254 e. The van der Waals surface area contributed by atoms with Crippen molar-refractivity contribution in [2.24, 2.45) is 0 Å². The normalized spacial score (nSPS) is 15.0. The van der Waals surface area contributed by atoms with E-state index in [1.54, 1.807) is 15.9 Å². The number of rotatable bonds is 2. The highest BCUT2D eigenvalue weighted by molar-refractivity contribution is 5.95. The van der Waals surface area contributed by atoms with Crippen LogP contribution in [0.25, 0.3) is 0 Å². The average molecular weight is 344 g/mol. The van der Waals surface area contributed by atoms with Gasteiger partial charge in [0.25, 0.3) is 11.8 Å². The predicted molar refractivity (Wildman–Crippen MR) is 89.2 cm³/mol. The van der Waals surface area contributed by atoms with Gasteiger partial charge in [0.1, 0.15) is 11.6 Å². The van der Waals surface area contributed by atoms with E-state index < -0.39 is 5.82 Å². The summed E-state index contributed by atoms with van der Waals surface area (Å²) in [4.78, 5) is 28.3. The molecule has 4 nitrogen and oxygen atoms in total. The summed E-state index contributed by atoms with van der Waals surface area (Å²) in [6.45, 7) is 1.78. The zero-order valence-corrected chi connectivity index (χ0v) is 13.6. The van der Waals surface area contributed by atoms with Gasteiger partial charge in [0.15, 0.2) is 0 Å². The van der Waals surface area contributed by atoms with Gasteiger partial charge in [-0.1, -0.05) is 6.07 Å². The molecule has 2 amide bonds. The van der Waals surface area contributed by atoms with E-state index >= 15 is 0 Å². The summed E-state index contributed by atoms with van der Waals surface area (Å²) in [5.74, 6) is -1.26. The Morgan fingerprint density at radius 1 is 0.720 bits per heavy atom. The molecule has 0 radical (unpaired) electrons. The Labute approximate surface area is 144 Å². The molecule has 1 saturated heterocycles. The second kappa shape index (κ2) is 7.42. The average Bonchev–Trinajstić information content (AvgIpc) is 2.87. The zero-order chi connectivity index (χ0) is 17.8. The van der Waals surface area contributed by atoms with Crippen LogP contribution in [0.4, 0.5) is 8.78 Å².